The summed E-state index contributed by atoms with van der Waals surface area (Å²) in [5, 5.41) is 7.76. The zero-order valence-corrected chi connectivity index (χ0v) is 11.8. The van der Waals surface area contributed by atoms with Gasteiger partial charge in [0.25, 0.3) is 0 Å². The zero-order valence-electron chi connectivity index (χ0n) is 11.8. The Kier molecular flexibility index (Phi) is 4.58. The Balaban J connectivity index is 1.90. The first kappa shape index (κ1) is 13.6. The molecular formula is C15H21N3O. The van der Waals surface area contributed by atoms with Crippen molar-refractivity contribution in [3.05, 3.63) is 47.8 Å². The van der Waals surface area contributed by atoms with E-state index in [-0.39, 0.29) is 0 Å². The van der Waals surface area contributed by atoms with Crippen LogP contribution in [0.5, 0.6) is 5.75 Å². The second-order valence-corrected chi connectivity index (χ2v) is 4.58. The van der Waals surface area contributed by atoms with Crippen molar-refractivity contribution in [1.29, 1.82) is 0 Å². The quantitative estimate of drug-likeness (QED) is 0.867. The lowest BCUT2D eigenvalue weighted by Gasteiger charge is -2.14. The molecule has 19 heavy (non-hydrogen) atoms. The minimum absolute atomic E-state index is 0.302. The first-order chi connectivity index (χ1) is 9.22. The lowest BCUT2D eigenvalue weighted by molar-refractivity contribution is 0.414. The molecule has 4 nitrogen and oxygen atoms in total. The normalized spacial score (nSPS) is 12.4. The van der Waals surface area contributed by atoms with Crippen LogP contribution in [0.3, 0.4) is 0 Å². The van der Waals surface area contributed by atoms with E-state index in [1.54, 1.807) is 7.11 Å². The van der Waals surface area contributed by atoms with Crippen LogP contribution in [0, 0.1) is 0 Å². The summed E-state index contributed by atoms with van der Waals surface area (Å²) in [6, 6.07) is 8.46. The molecule has 1 N–H and O–H groups in total. The van der Waals surface area contributed by atoms with Crippen molar-refractivity contribution in [1.82, 2.24) is 15.1 Å². The summed E-state index contributed by atoms with van der Waals surface area (Å²) in [5.74, 6) is 0.889. The van der Waals surface area contributed by atoms with E-state index in [2.05, 4.69) is 42.6 Å². The van der Waals surface area contributed by atoms with Gasteiger partial charge >= 0.3 is 0 Å². The average molecular weight is 259 g/mol. The molecule has 0 aliphatic heterocycles. The minimum atomic E-state index is 0.302. The second-order valence-electron chi connectivity index (χ2n) is 4.58. The fourth-order valence-electron chi connectivity index (χ4n) is 1.95. The Morgan fingerprint density at radius 1 is 1.32 bits per heavy atom. The summed E-state index contributed by atoms with van der Waals surface area (Å²) < 4.78 is 7.10. The molecule has 0 spiro atoms. The van der Waals surface area contributed by atoms with E-state index < -0.39 is 0 Å². The van der Waals surface area contributed by atoms with Crippen LogP contribution in [-0.2, 0) is 13.1 Å². The van der Waals surface area contributed by atoms with E-state index in [0.29, 0.717) is 6.04 Å². The molecule has 0 aliphatic rings. The van der Waals surface area contributed by atoms with Crippen molar-refractivity contribution in [2.24, 2.45) is 0 Å². The van der Waals surface area contributed by atoms with Crippen molar-refractivity contribution in [3.63, 3.8) is 0 Å². The molecule has 1 aromatic heterocycles. The number of hydrogen-bond donors (Lipinski definition) is 1. The fraction of sp³-hybridized carbons (Fsp3) is 0.400. The number of nitrogens with zero attached hydrogens (tertiary/aromatic N) is 2. The Morgan fingerprint density at radius 2 is 2.05 bits per heavy atom. The third-order valence-corrected chi connectivity index (χ3v) is 3.24. The standard InChI is InChI=1S/C15H21N3O/c1-4-18-11-13(10-17-18)9-16-12(2)14-5-7-15(19-3)8-6-14/h5-8,10-12,16H,4,9H2,1-3H3. The van der Waals surface area contributed by atoms with E-state index in [0.717, 1.165) is 18.8 Å². The Hall–Kier alpha value is -1.81. The van der Waals surface area contributed by atoms with Gasteiger partial charge in [-0.15, -0.1) is 0 Å². The number of ether oxygens (including phenoxy) is 1. The molecule has 0 saturated carbocycles. The predicted octanol–water partition coefficient (Wildman–Crippen LogP) is 2.76. The topological polar surface area (TPSA) is 39.1 Å². The van der Waals surface area contributed by atoms with Crippen molar-refractivity contribution < 1.29 is 4.74 Å². The zero-order chi connectivity index (χ0) is 13.7. The molecular weight excluding hydrogens is 238 g/mol. The highest BCUT2D eigenvalue weighted by molar-refractivity contribution is 5.28. The molecule has 0 bridgehead atoms. The maximum Gasteiger partial charge on any atom is 0.118 e. The predicted molar refractivity (Wildman–Crippen MR) is 76.1 cm³/mol. The molecule has 0 amide bonds. The van der Waals surface area contributed by atoms with E-state index in [9.17, 15) is 0 Å². The summed E-state index contributed by atoms with van der Waals surface area (Å²) in [5.41, 5.74) is 2.46. The SMILES string of the molecule is CCn1cc(CNC(C)c2ccc(OC)cc2)cn1. The summed E-state index contributed by atoms with van der Waals surface area (Å²) in [7, 11) is 1.68. The largest absolute Gasteiger partial charge is 0.497 e. The van der Waals surface area contributed by atoms with E-state index in [1.807, 2.05) is 23.0 Å². The molecule has 1 heterocycles. The number of aromatic nitrogens is 2. The molecule has 4 heteroatoms. The van der Waals surface area contributed by atoms with E-state index >= 15 is 0 Å². The smallest absolute Gasteiger partial charge is 0.118 e. The monoisotopic (exact) mass is 259 g/mol. The average Bonchev–Trinajstić information content (AvgIpc) is 2.93. The van der Waals surface area contributed by atoms with Gasteiger partial charge in [-0.25, -0.2) is 0 Å². The van der Waals surface area contributed by atoms with E-state index in [1.165, 1.54) is 11.1 Å². The number of benzene rings is 1. The number of rotatable bonds is 6. The van der Waals surface area contributed by atoms with Crippen molar-refractivity contribution >= 4 is 0 Å². The third-order valence-electron chi connectivity index (χ3n) is 3.24. The highest BCUT2D eigenvalue weighted by Gasteiger charge is 2.05. The molecule has 0 aliphatic carbocycles. The lowest BCUT2D eigenvalue weighted by Crippen LogP contribution is -2.17. The van der Waals surface area contributed by atoms with Crippen molar-refractivity contribution in [2.75, 3.05) is 7.11 Å². The van der Waals surface area contributed by atoms with Crippen LogP contribution in [0.2, 0.25) is 0 Å². The van der Waals surface area contributed by atoms with Gasteiger partial charge in [0.1, 0.15) is 5.75 Å². The highest BCUT2D eigenvalue weighted by atomic mass is 16.5. The lowest BCUT2D eigenvalue weighted by atomic mass is 10.1. The molecule has 2 aromatic rings. The van der Waals surface area contributed by atoms with Crippen LogP contribution < -0.4 is 10.1 Å². The third kappa shape index (κ3) is 3.58. The van der Waals surface area contributed by atoms with Crippen LogP contribution >= 0.6 is 0 Å². The number of nitrogens with one attached hydrogen (secondary N) is 1. The van der Waals surface area contributed by atoms with Crippen LogP contribution in [0.4, 0.5) is 0 Å². The van der Waals surface area contributed by atoms with Gasteiger partial charge in [0.2, 0.25) is 0 Å². The summed E-state index contributed by atoms with van der Waals surface area (Å²) in [4.78, 5) is 0. The van der Waals surface area contributed by atoms with Crippen molar-refractivity contribution in [3.8, 4) is 5.75 Å². The Labute approximate surface area is 114 Å². The molecule has 1 aromatic carbocycles. The van der Waals surface area contributed by atoms with Gasteiger partial charge in [-0.05, 0) is 31.5 Å². The van der Waals surface area contributed by atoms with Gasteiger partial charge in [-0.1, -0.05) is 12.1 Å². The maximum absolute atomic E-state index is 5.16. The van der Waals surface area contributed by atoms with Gasteiger partial charge in [0.05, 0.1) is 13.3 Å². The highest BCUT2D eigenvalue weighted by Crippen LogP contribution is 2.17. The molecule has 1 unspecified atom stereocenters. The van der Waals surface area contributed by atoms with Crippen LogP contribution in [0.1, 0.15) is 31.0 Å². The van der Waals surface area contributed by atoms with E-state index in [4.69, 9.17) is 4.74 Å². The van der Waals surface area contributed by atoms with Gasteiger partial charge in [-0.2, -0.15) is 5.10 Å². The molecule has 1 atom stereocenters. The maximum atomic E-state index is 5.16. The van der Waals surface area contributed by atoms with Gasteiger partial charge < -0.3 is 10.1 Å². The van der Waals surface area contributed by atoms with Gasteiger partial charge in [0.15, 0.2) is 0 Å². The first-order valence-electron chi connectivity index (χ1n) is 6.61. The van der Waals surface area contributed by atoms with Gasteiger partial charge in [0, 0.05) is 30.9 Å². The Bertz CT molecular complexity index is 504. The minimum Gasteiger partial charge on any atom is -0.497 e. The molecule has 0 saturated heterocycles. The Morgan fingerprint density at radius 3 is 2.63 bits per heavy atom. The fourth-order valence-corrected chi connectivity index (χ4v) is 1.95. The number of methoxy groups -OCH3 is 1. The molecule has 102 valence electrons. The van der Waals surface area contributed by atoms with Crippen molar-refractivity contribution in [2.45, 2.75) is 33.0 Å². The number of aryl methyl sites for hydroxylation is 1. The molecule has 0 radical (unpaired) electrons. The van der Waals surface area contributed by atoms with Crippen LogP contribution in [0.15, 0.2) is 36.7 Å². The summed E-state index contributed by atoms with van der Waals surface area (Å²) in [6.07, 6.45) is 3.99. The summed E-state index contributed by atoms with van der Waals surface area (Å²) in [6.45, 7) is 5.98. The van der Waals surface area contributed by atoms with Crippen LogP contribution in [0.25, 0.3) is 0 Å². The number of hydrogen-bond acceptors (Lipinski definition) is 3. The summed E-state index contributed by atoms with van der Waals surface area (Å²) >= 11 is 0. The molecule has 0 fully saturated rings. The molecule has 2 rings (SSSR count). The van der Waals surface area contributed by atoms with Crippen LogP contribution in [-0.4, -0.2) is 16.9 Å². The second kappa shape index (κ2) is 6.38. The van der Waals surface area contributed by atoms with Gasteiger partial charge in [-0.3, -0.25) is 4.68 Å². The first-order valence-corrected chi connectivity index (χ1v) is 6.61.